The second kappa shape index (κ2) is 7.01. The molecule has 1 aromatic carbocycles. The summed E-state index contributed by atoms with van der Waals surface area (Å²) in [7, 11) is -3.45. The van der Waals surface area contributed by atoms with E-state index in [1.807, 2.05) is 25.1 Å². The SMILES string of the molecule is C[C@H](CC(C)(C)c1ccccc1)NC(=O)C(C)(C)NS(C)(=O)=O. The maximum atomic E-state index is 12.3. The predicted molar refractivity (Wildman–Crippen MR) is 93.7 cm³/mol. The number of rotatable bonds is 7. The Hall–Kier alpha value is -1.40. The van der Waals surface area contributed by atoms with E-state index in [1.54, 1.807) is 13.8 Å². The average Bonchev–Trinajstić information content (AvgIpc) is 2.36. The molecule has 0 unspecified atom stereocenters. The van der Waals surface area contributed by atoms with Crippen LogP contribution in [-0.2, 0) is 20.2 Å². The lowest BCUT2D eigenvalue weighted by atomic mass is 9.79. The zero-order valence-electron chi connectivity index (χ0n) is 14.8. The minimum absolute atomic E-state index is 0.0849. The van der Waals surface area contributed by atoms with Gasteiger partial charge in [0.25, 0.3) is 0 Å². The van der Waals surface area contributed by atoms with Crippen molar-refractivity contribution >= 4 is 15.9 Å². The summed E-state index contributed by atoms with van der Waals surface area (Å²) in [4.78, 5) is 12.3. The minimum atomic E-state index is -3.45. The van der Waals surface area contributed by atoms with Crippen molar-refractivity contribution in [1.82, 2.24) is 10.0 Å². The highest BCUT2D eigenvalue weighted by Gasteiger charge is 2.32. The van der Waals surface area contributed by atoms with E-state index in [1.165, 1.54) is 5.56 Å². The zero-order chi connectivity index (χ0) is 17.9. The van der Waals surface area contributed by atoms with Gasteiger partial charge in [0.2, 0.25) is 15.9 Å². The van der Waals surface area contributed by atoms with Crippen LogP contribution >= 0.6 is 0 Å². The molecule has 0 radical (unpaired) electrons. The van der Waals surface area contributed by atoms with Gasteiger partial charge in [0.15, 0.2) is 0 Å². The number of benzene rings is 1. The van der Waals surface area contributed by atoms with Crippen LogP contribution in [0.15, 0.2) is 30.3 Å². The highest BCUT2D eigenvalue weighted by Crippen LogP contribution is 2.28. The van der Waals surface area contributed by atoms with Crippen molar-refractivity contribution in [3.8, 4) is 0 Å². The van der Waals surface area contributed by atoms with Crippen LogP contribution in [0.4, 0.5) is 0 Å². The van der Waals surface area contributed by atoms with Gasteiger partial charge in [-0.1, -0.05) is 44.2 Å². The summed E-state index contributed by atoms with van der Waals surface area (Å²) in [5.74, 6) is -0.334. The van der Waals surface area contributed by atoms with Crippen LogP contribution in [0.1, 0.15) is 46.6 Å². The quantitative estimate of drug-likeness (QED) is 0.799. The van der Waals surface area contributed by atoms with Crippen LogP contribution in [0.2, 0.25) is 0 Å². The van der Waals surface area contributed by atoms with Crippen molar-refractivity contribution in [2.45, 2.75) is 58.0 Å². The molecule has 2 N–H and O–H groups in total. The normalized spacial score (nSPS) is 14.3. The molecule has 6 heteroatoms. The molecular formula is C17H28N2O3S. The summed E-state index contributed by atoms with van der Waals surface area (Å²) in [5.41, 5.74) is -0.0733. The van der Waals surface area contributed by atoms with E-state index >= 15 is 0 Å². The predicted octanol–water partition coefficient (Wildman–Crippen LogP) is 2.19. The molecule has 1 amide bonds. The Bertz CT molecular complexity index is 637. The Morgan fingerprint density at radius 3 is 2.13 bits per heavy atom. The topological polar surface area (TPSA) is 75.3 Å². The number of carbonyl (C=O) groups excluding carboxylic acids is 1. The molecule has 23 heavy (non-hydrogen) atoms. The van der Waals surface area contributed by atoms with Crippen molar-refractivity contribution in [3.63, 3.8) is 0 Å². The van der Waals surface area contributed by atoms with Gasteiger partial charge in [0.05, 0.1) is 6.26 Å². The van der Waals surface area contributed by atoms with Crippen molar-refractivity contribution in [2.24, 2.45) is 0 Å². The Balaban J connectivity index is 2.72. The second-order valence-electron chi connectivity index (χ2n) is 7.33. The Kier molecular flexibility index (Phi) is 5.99. The fourth-order valence-corrected chi connectivity index (χ4v) is 3.76. The first-order chi connectivity index (χ1) is 10.3. The van der Waals surface area contributed by atoms with Gasteiger partial charge in [-0.25, -0.2) is 13.1 Å². The van der Waals surface area contributed by atoms with E-state index in [-0.39, 0.29) is 17.4 Å². The van der Waals surface area contributed by atoms with Gasteiger partial charge >= 0.3 is 0 Å². The molecule has 1 rings (SSSR count). The number of nitrogens with one attached hydrogen (secondary N) is 2. The molecule has 0 aliphatic rings. The van der Waals surface area contributed by atoms with Crippen LogP contribution in [0.3, 0.4) is 0 Å². The lowest BCUT2D eigenvalue weighted by Gasteiger charge is -2.31. The van der Waals surface area contributed by atoms with E-state index in [0.717, 1.165) is 12.7 Å². The molecule has 0 aliphatic heterocycles. The Morgan fingerprint density at radius 1 is 1.13 bits per heavy atom. The van der Waals surface area contributed by atoms with Crippen molar-refractivity contribution in [2.75, 3.05) is 6.26 Å². The van der Waals surface area contributed by atoms with Crippen LogP contribution in [0, 0.1) is 0 Å². The maximum Gasteiger partial charge on any atom is 0.240 e. The van der Waals surface area contributed by atoms with Crippen molar-refractivity contribution < 1.29 is 13.2 Å². The lowest BCUT2D eigenvalue weighted by Crippen LogP contribution is -2.56. The molecule has 0 spiro atoms. The van der Waals surface area contributed by atoms with Crippen LogP contribution in [0.5, 0.6) is 0 Å². The van der Waals surface area contributed by atoms with Gasteiger partial charge < -0.3 is 5.32 Å². The monoisotopic (exact) mass is 340 g/mol. The zero-order valence-corrected chi connectivity index (χ0v) is 15.6. The summed E-state index contributed by atoms with van der Waals surface area (Å²) in [6.07, 6.45) is 1.79. The minimum Gasteiger partial charge on any atom is -0.352 e. The summed E-state index contributed by atoms with van der Waals surface area (Å²) in [6, 6.07) is 10.0. The molecule has 1 aromatic rings. The van der Waals surface area contributed by atoms with Crippen LogP contribution in [-0.4, -0.2) is 32.2 Å². The maximum absolute atomic E-state index is 12.3. The highest BCUT2D eigenvalue weighted by atomic mass is 32.2. The average molecular weight is 340 g/mol. The number of carbonyl (C=O) groups is 1. The first-order valence-corrected chi connectivity index (χ1v) is 9.58. The molecule has 0 aliphatic carbocycles. The van der Waals surface area contributed by atoms with Crippen LogP contribution in [0.25, 0.3) is 0 Å². The van der Waals surface area contributed by atoms with Crippen molar-refractivity contribution in [1.29, 1.82) is 0 Å². The second-order valence-corrected chi connectivity index (χ2v) is 9.08. The number of hydrogen-bond donors (Lipinski definition) is 2. The van der Waals surface area contributed by atoms with E-state index in [0.29, 0.717) is 0 Å². The summed E-state index contributed by atoms with van der Waals surface area (Å²) in [5, 5.41) is 2.90. The molecule has 0 aromatic heterocycles. The van der Waals surface area contributed by atoms with E-state index in [9.17, 15) is 13.2 Å². The summed E-state index contributed by atoms with van der Waals surface area (Å²) >= 11 is 0. The van der Waals surface area contributed by atoms with Crippen molar-refractivity contribution in [3.05, 3.63) is 35.9 Å². The molecule has 0 saturated carbocycles. The van der Waals surface area contributed by atoms with Crippen LogP contribution < -0.4 is 10.0 Å². The summed E-state index contributed by atoms with van der Waals surface area (Å²) < 4.78 is 25.1. The molecule has 0 bridgehead atoms. The first kappa shape index (κ1) is 19.6. The van der Waals surface area contributed by atoms with Gasteiger partial charge in [-0.2, -0.15) is 0 Å². The third-order valence-electron chi connectivity index (χ3n) is 3.76. The molecule has 5 nitrogen and oxygen atoms in total. The Labute approximate surface area is 139 Å². The fraction of sp³-hybridized carbons (Fsp3) is 0.588. The van der Waals surface area contributed by atoms with E-state index in [4.69, 9.17) is 0 Å². The third-order valence-corrected chi connectivity index (χ3v) is 4.64. The number of amides is 1. The van der Waals surface area contributed by atoms with E-state index < -0.39 is 15.6 Å². The van der Waals surface area contributed by atoms with Gasteiger partial charge in [-0.15, -0.1) is 0 Å². The first-order valence-electron chi connectivity index (χ1n) is 7.69. The summed E-state index contributed by atoms with van der Waals surface area (Å²) in [6.45, 7) is 9.30. The smallest absolute Gasteiger partial charge is 0.240 e. The van der Waals surface area contributed by atoms with Gasteiger partial charge in [-0.3, -0.25) is 4.79 Å². The lowest BCUT2D eigenvalue weighted by molar-refractivity contribution is -0.126. The molecule has 130 valence electrons. The number of hydrogen-bond acceptors (Lipinski definition) is 3. The number of sulfonamides is 1. The Morgan fingerprint density at radius 2 is 1.65 bits per heavy atom. The standard InChI is InChI=1S/C17H28N2O3S/c1-13(12-16(2,3)14-10-8-7-9-11-14)18-15(20)17(4,5)19-23(6,21)22/h7-11,13,19H,12H2,1-6H3,(H,18,20)/t13-/m1/s1. The fourth-order valence-electron chi connectivity index (χ4n) is 2.74. The molecule has 1 atom stereocenters. The van der Waals surface area contributed by atoms with Gasteiger partial charge in [-0.05, 0) is 38.2 Å². The molecular weight excluding hydrogens is 312 g/mol. The van der Waals surface area contributed by atoms with E-state index in [2.05, 4.69) is 36.0 Å². The highest BCUT2D eigenvalue weighted by molar-refractivity contribution is 7.88. The largest absolute Gasteiger partial charge is 0.352 e. The van der Waals surface area contributed by atoms with Gasteiger partial charge in [0.1, 0.15) is 5.54 Å². The molecule has 0 saturated heterocycles. The third kappa shape index (κ3) is 6.31. The molecule has 0 heterocycles. The van der Waals surface area contributed by atoms with Gasteiger partial charge in [0, 0.05) is 6.04 Å². The molecule has 0 fully saturated rings.